The van der Waals surface area contributed by atoms with Gasteiger partial charge in [-0.1, -0.05) is 17.7 Å². The van der Waals surface area contributed by atoms with Crippen LogP contribution < -0.4 is 10.1 Å². The van der Waals surface area contributed by atoms with Gasteiger partial charge in [0, 0.05) is 12.7 Å². The molecule has 0 bridgehead atoms. The maximum Gasteiger partial charge on any atom is 0.167 e. The Morgan fingerprint density at radius 3 is 2.78 bits per heavy atom. The lowest BCUT2D eigenvalue weighted by Gasteiger charge is -2.25. The lowest BCUT2D eigenvalue weighted by molar-refractivity contribution is -0.0309. The van der Waals surface area contributed by atoms with Crippen LogP contribution in [0.3, 0.4) is 0 Å². The fourth-order valence-electron chi connectivity index (χ4n) is 4.13. The lowest BCUT2D eigenvalue weighted by Crippen LogP contribution is -2.19. The van der Waals surface area contributed by atoms with E-state index in [0.717, 1.165) is 54.3 Å². The molecule has 1 saturated heterocycles. The highest BCUT2D eigenvalue weighted by Gasteiger charge is 2.23. The van der Waals surface area contributed by atoms with Crippen LogP contribution in [0.4, 0.5) is 11.4 Å². The maximum absolute atomic E-state index is 6.43. The van der Waals surface area contributed by atoms with Crippen molar-refractivity contribution in [3.8, 4) is 11.4 Å². The first-order chi connectivity index (χ1) is 15.5. The Morgan fingerprint density at radius 2 is 2.06 bits per heavy atom. The van der Waals surface area contributed by atoms with Crippen molar-refractivity contribution < 1.29 is 9.47 Å². The lowest BCUT2D eigenvalue weighted by atomic mass is 10.2. The molecule has 1 aromatic carbocycles. The van der Waals surface area contributed by atoms with Crippen molar-refractivity contribution in [1.29, 1.82) is 0 Å². The molecule has 5 rings (SSSR count). The molecule has 1 unspecified atom stereocenters. The molecule has 0 aliphatic carbocycles. The van der Waals surface area contributed by atoms with Crippen LogP contribution in [0.5, 0.6) is 5.75 Å². The summed E-state index contributed by atoms with van der Waals surface area (Å²) >= 11 is 6.43. The first-order valence-electron chi connectivity index (χ1n) is 10.5. The molecular formula is C22H24ClN7O2. The van der Waals surface area contributed by atoms with E-state index in [1.165, 1.54) is 0 Å². The third kappa shape index (κ3) is 3.67. The van der Waals surface area contributed by atoms with Gasteiger partial charge in [0.25, 0.3) is 0 Å². The minimum absolute atomic E-state index is 0.0824. The fourth-order valence-corrected chi connectivity index (χ4v) is 4.32. The average Bonchev–Trinajstić information content (AvgIpc) is 3.36. The number of ether oxygens (including phenoxy) is 2. The van der Waals surface area contributed by atoms with Crippen LogP contribution in [0.25, 0.3) is 16.9 Å². The summed E-state index contributed by atoms with van der Waals surface area (Å²) in [4.78, 5) is 13.6. The SMILES string of the molecule is COc1c(Nc2cc(Cl)nc3c2nc(C)n3C2CCCCO2)cccc1-n1cnc(C)n1. The van der Waals surface area contributed by atoms with Crippen LogP contribution in [-0.4, -0.2) is 43.0 Å². The Balaban J connectivity index is 1.59. The molecule has 1 fully saturated rings. The van der Waals surface area contributed by atoms with Gasteiger partial charge in [-0.15, -0.1) is 0 Å². The number of methoxy groups -OCH3 is 1. The largest absolute Gasteiger partial charge is 0.492 e. The van der Waals surface area contributed by atoms with Crippen LogP contribution in [-0.2, 0) is 4.74 Å². The number of pyridine rings is 1. The van der Waals surface area contributed by atoms with E-state index in [0.29, 0.717) is 22.4 Å². The number of halogens is 1. The number of para-hydroxylation sites is 1. The van der Waals surface area contributed by atoms with E-state index in [4.69, 9.17) is 26.1 Å². The van der Waals surface area contributed by atoms with Crippen molar-refractivity contribution in [2.45, 2.75) is 39.3 Å². The fraction of sp³-hybridized carbons (Fsp3) is 0.364. The topological polar surface area (TPSA) is 91.9 Å². The van der Waals surface area contributed by atoms with Gasteiger partial charge in [-0.25, -0.2) is 19.6 Å². The van der Waals surface area contributed by atoms with Gasteiger partial charge in [0.05, 0.1) is 18.5 Å². The molecule has 1 N–H and O–H groups in total. The molecule has 1 atom stereocenters. The number of anilines is 2. The Labute approximate surface area is 190 Å². The summed E-state index contributed by atoms with van der Waals surface area (Å²) in [6, 6.07) is 7.55. The van der Waals surface area contributed by atoms with Gasteiger partial charge in [0.1, 0.15) is 40.6 Å². The van der Waals surface area contributed by atoms with E-state index in [1.807, 2.05) is 36.6 Å². The van der Waals surface area contributed by atoms with Crippen molar-refractivity contribution in [2.75, 3.05) is 19.0 Å². The number of nitrogens with zero attached hydrogens (tertiary/aromatic N) is 6. The smallest absolute Gasteiger partial charge is 0.167 e. The van der Waals surface area contributed by atoms with Crippen LogP contribution in [0.1, 0.15) is 37.1 Å². The summed E-state index contributed by atoms with van der Waals surface area (Å²) in [6.07, 6.45) is 4.69. The molecule has 0 radical (unpaired) electrons. The number of fused-ring (bicyclic) bond motifs is 1. The number of hydrogen-bond acceptors (Lipinski definition) is 7. The van der Waals surface area contributed by atoms with Crippen molar-refractivity contribution in [2.24, 2.45) is 0 Å². The molecule has 0 spiro atoms. The molecule has 10 heteroatoms. The average molecular weight is 454 g/mol. The third-order valence-corrected chi connectivity index (χ3v) is 5.75. The monoisotopic (exact) mass is 453 g/mol. The van der Waals surface area contributed by atoms with E-state index >= 15 is 0 Å². The summed E-state index contributed by atoms with van der Waals surface area (Å²) in [5.74, 6) is 2.15. The Kier molecular flexibility index (Phi) is 5.44. The minimum Gasteiger partial charge on any atom is -0.492 e. The van der Waals surface area contributed by atoms with Gasteiger partial charge in [0.2, 0.25) is 0 Å². The molecule has 0 saturated carbocycles. The van der Waals surface area contributed by atoms with Crippen LogP contribution in [0.2, 0.25) is 5.15 Å². The second-order valence-electron chi connectivity index (χ2n) is 7.73. The molecule has 166 valence electrons. The standard InChI is InChI=1S/C22H24ClN7O2/c1-13-24-12-29(28-13)17-8-6-7-15(21(17)31-3)26-16-11-18(23)27-22-20(16)25-14(2)30(22)19-9-4-5-10-32-19/h6-8,11-12,19H,4-5,9-10H2,1-3H3,(H,26,27). The Bertz CT molecular complexity index is 1280. The Hall–Kier alpha value is -3.17. The first-order valence-corrected chi connectivity index (χ1v) is 10.9. The molecule has 4 heterocycles. The third-order valence-electron chi connectivity index (χ3n) is 5.56. The van der Waals surface area contributed by atoms with E-state index in [-0.39, 0.29) is 6.23 Å². The quantitative estimate of drug-likeness (QED) is 0.436. The maximum atomic E-state index is 6.43. The molecule has 1 aliphatic rings. The van der Waals surface area contributed by atoms with Gasteiger partial charge in [0.15, 0.2) is 11.4 Å². The van der Waals surface area contributed by atoms with E-state index in [2.05, 4.69) is 20.4 Å². The normalized spacial score (nSPS) is 16.4. The van der Waals surface area contributed by atoms with Gasteiger partial charge in [-0.2, -0.15) is 5.10 Å². The van der Waals surface area contributed by atoms with Gasteiger partial charge < -0.3 is 14.8 Å². The summed E-state index contributed by atoms with van der Waals surface area (Å²) in [6.45, 7) is 4.54. The van der Waals surface area contributed by atoms with Crippen molar-refractivity contribution in [3.05, 3.63) is 47.4 Å². The number of benzene rings is 1. The summed E-state index contributed by atoms with van der Waals surface area (Å²) in [5.41, 5.74) is 3.69. The summed E-state index contributed by atoms with van der Waals surface area (Å²) in [5, 5.41) is 8.22. The van der Waals surface area contributed by atoms with Gasteiger partial charge in [-0.3, -0.25) is 4.57 Å². The van der Waals surface area contributed by atoms with Crippen molar-refractivity contribution >= 4 is 34.1 Å². The predicted octanol–water partition coefficient (Wildman–Crippen LogP) is 4.73. The number of aryl methyl sites for hydroxylation is 2. The van der Waals surface area contributed by atoms with Crippen LogP contribution in [0, 0.1) is 13.8 Å². The number of hydrogen-bond donors (Lipinski definition) is 1. The van der Waals surface area contributed by atoms with Crippen LogP contribution >= 0.6 is 11.6 Å². The highest BCUT2D eigenvalue weighted by molar-refractivity contribution is 6.30. The van der Waals surface area contributed by atoms with Crippen molar-refractivity contribution in [1.82, 2.24) is 29.3 Å². The number of imidazole rings is 1. The van der Waals surface area contributed by atoms with Gasteiger partial charge >= 0.3 is 0 Å². The van der Waals surface area contributed by atoms with E-state index < -0.39 is 0 Å². The molecule has 0 amide bonds. The molecule has 1 aliphatic heterocycles. The summed E-state index contributed by atoms with van der Waals surface area (Å²) in [7, 11) is 1.63. The predicted molar refractivity (Wildman–Crippen MR) is 122 cm³/mol. The molecule has 4 aromatic rings. The zero-order valence-electron chi connectivity index (χ0n) is 18.2. The highest BCUT2D eigenvalue weighted by atomic mass is 35.5. The zero-order valence-corrected chi connectivity index (χ0v) is 18.9. The molecule has 9 nitrogen and oxygen atoms in total. The summed E-state index contributed by atoms with van der Waals surface area (Å²) < 4.78 is 15.5. The number of nitrogens with one attached hydrogen (secondary N) is 1. The minimum atomic E-state index is -0.0824. The molecule has 3 aromatic heterocycles. The van der Waals surface area contributed by atoms with Gasteiger partial charge in [-0.05, 0) is 45.2 Å². The second-order valence-corrected chi connectivity index (χ2v) is 8.12. The van der Waals surface area contributed by atoms with E-state index in [1.54, 1.807) is 24.2 Å². The Morgan fingerprint density at radius 1 is 1.19 bits per heavy atom. The molecule has 32 heavy (non-hydrogen) atoms. The van der Waals surface area contributed by atoms with Crippen LogP contribution in [0.15, 0.2) is 30.6 Å². The zero-order chi connectivity index (χ0) is 22.2. The number of rotatable bonds is 5. The van der Waals surface area contributed by atoms with Crippen molar-refractivity contribution in [3.63, 3.8) is 0 Å². The second kappa shape index (κ2) is 8.40. The van der Waals surface area contributed by atoms with E-state index in [9.17, 15) is 0 Å². The highest BCUT2D eigenvalue weighted by Crippen LogP contribution is 2.37. The number of aromatic nitrogens is 6. The first kappa shape index (κ1) is 20.7. The molecular weight excluding hydrogens is 430 g/mol.